The van der Waals surface area contributed by atoms with E-state index in [0.29, 0.717) is 6.42 Å². The molecule has 5 nitrogen and oxygen atoms in total. The van der Waals surface area contributed by atoms with Crippen molar-refractivity contribution in [1.29, 1.82) is 0 Å². The zero-order valence-electron chi connectivity index (χ0n) is 16.5. The van der Waals surface area contributed by atoms with Crippen LogP contribution in [0.15, 0.2) is 78.2 Å². The third-order valence-corrected chi connectivity index (χ3v) is 7.98. The Bertz CT molecular complexity index is 1070. The molecule has 2 aromatic carbocycles. The molecule has 0 bridgehead atoms. The molecular weight excluding hydrogens is 416 g/mol. The van der Waals surface area contributed by atoms with E-state index in [1.807, 2.05) is 72.1 Å². The Morgan fingerprint density at radius 3 is 2.33 bits per heavy atom. The number of thiophene rings is 1. The summed E-state index contributed by atoms with van der Waals surface area (Å²) in [5.74, 6) is 0.0188. The molecule has 4 rings (SSSR count). The second-order valence-corrected chi connectivity index (χ2v) is 10.6. The molecule has 2 atom stereocenters. The molecule has 1 N–H and O–H groups in total. The van der Waals surface area contributed by atoms with Gasteiger partial charge in [-0.3, -0.25) is 10.1 Å². The molecular formula is C23H24N2O3S2. The Labute approximate surface area is 181 Å². The first-order chi connectivity index (χ1) is 14.5. The molecule has 0 radical (unpaired) electrons. The minimum absolute atomic E-state index is 0.0146. The van der Waals surface area contributed by atoms with E-state index in [2.05, 4.69) is 11.4 Å². The van der Waals surface area contributed by atoms with Crippen LogP contribution in [-0.4, -0.2) is 38.4 Å². The summed E-state index contributed by atoms with van der Waals surface area (Å²) >= 11 is 1.64. The standard InChI is InChI=1S/C23H24N2O3S2/c26-22(16-24-23(21-12-7-14-29-21)18-8-3-1-4-9-18)25(19-10-5-2-6-11-19)20-13-15-30(27,28)17-20/h1-12,14,20,23-24H,13,15-17H2/t20-,23+/m1/s1. The molecule has 2 heterocycles. The smallest absolute Gasteiger partial charge is 0.241 e. The number of benzene rings is 2. The second kappa shape index (κ2) is 9.12. The maximum atomic E-state index is 13.3. The van der Waals surface area contributed by atoms with Gasteiger partial charge in [0, 0.05) is 10.6 Å². The molecule has 0 unspecified atom stereocenters. The Kier molecular flexibility index (Phi) is 6.32. The SMILES string of the molecule is O=C(CN[C@@H](c1ccccc1)c1cccs1)N(c1ccccc1)[C@@H]1CCS(=O)(=O)C1. The number of carbonyl (C=O) groups is 1. The maximum Gasteiger partial charge on any atom is 0.241 e. The molecule has 1 saturated heterocycles. The predicted molar refractivity (Wildman–Crippen MR) is 122 cm³/mol. The number of sulfone groups is 1. The zero-order valence-corrected chi connectivity index (χ0v) is 18.1. The lowest BCUT2D eigenvalue weighted by molar-refractivity contribution is -0.118. The van der Waals surface area contributed by atoms with Gasteiger partial charge < -0.3 is 4.90 Å². The van der Waals surface area contributed by atoms with E-state index in [4.69, 9.17) is 0 Å². The molecule has 1 fully saturated rings. The number of hydrogen-bond acceptors (Lipinski definition) is 5. The monoisotopic (exact) mass is 440 g/mol. The fourth-order valence-electron chi connectivity index (χ4n) is 3.88. The van der Waals surface area contributed by atoms with Gasteiger partial charge in [-0.25, -0.2) is 8.42 Å². The third-order valence-electron chi connectivity index (χ3n) is 5.29. The van der Waals surface area contributed by atoms with Gasteiger partial charge in [0.05, 0.1) is 30.1 Å². The average molecular weight is 441 g/mol. The van der Waals surface area contributed by atoms with E-state index >= 15 is 0 Å². The summed E-state index contributed by atoms with van der Waals surface area (Å²) in [4.78, 5) is 16.1. The van der Waals surface area contributed by atoms with Gasteiger partial charge in [-0.2, -0.15) is 0 Å². The van der Waals surface area contributed by atoms with Crippen molar-refractivity contribution in [3.05, 3.63) is 88.6 Å². The molecule has 7 heteroatoms. The molecule has 1 aromatic heterocycles. The van der Waals surface area contributed by atoms with Gasteiger partial charge >= 0.3 is 0 Å². The van der Waals surface area contributed by atoms with Crippen LogP contribution in [0.2, 0.25) is 0 Å². The van der Waals surface area contributed by atoms with Crippen LogP contribution in [0, 0.1) is 0 Å². The quantitative estimate of drug-likeness (QED) is 0.609. The fraction of sp³-hybridized carbons (Fsp3) is 0.261. The largest absolute Gasteiger partial charge is 0.307 e. The first kappa shape index (κ1) is 20.8. The lowest BCUT2D eigenvalue weighted by atomic mass is 10.1. The number of carbonyl (C=O) groups excluding carboxylic acids is 1. The van der Waals surface area contributed by atoms with Crippen LogP contribution in [-0.2, 0) is 14.6 Å². The number of para-hydroxylation sites is 1. The Morgan fingerprint density at radius 1 is 1.03 bits per heavy atom. The van der Waals surface area contributed by atoms with E-state index in [1.54, 1.807) is 16.2 Å². The summed E-state index contributed by atoms with van der Waals surface area (Å²) < 4.78 is 24.1. The van der Waals surface area contributed by atoms with Crippen molar-refractivity contribution in [2.45, 2.75) is 18.5 Å². The van der Waals surface area contributed by atoms with Crippen molar-refractivity contribution in [2.75, 3.05) is 23.0 Å². The van der Waals surface area contributed by atoms with Gasteiger partial charge in [-0.15, -0.1) is 11.3 Å². The minimum Gasteiger partial charge on any atom is -0.307 e. The Morgan fingerprint density at radius 2 is 1.73 bits per heavy atom. The zero-order chi connectivity index (χ0) is 21.0. The van der Waals surface area contributed by atoms with Gasteiger partial charge in [0.15, 0.2) is 9.84 Å². The molecule has 30 heavy (non-hydrogen) atoms. The molecule has 1 aliphatic rings. The lowest BCUT2D eigenvalue weighted by Crippen LogP contribution is -2.46. The van der Waals surface area contributed by atoms with E-state index in [1.165, 1.54) is 0 Å². The molecule has 0 saturated carbocycles. The van der Waals surface area contributed by atoms with Gasteiger partial charge in [0.2, 0.25) is 5.91 Å². The van der Waals surface area contributed by atoms with Crippen molar-refractivity contribution < 1.29 is 13.2 Å². The van der Waals surface area contributed by atoms with Gasteiger partial charge in [-0.1, -0.05) is 54.6 Å². The summed E-state index contributed by atoms with van der Waals surface area (Å²) in [6, 6.07) is 23.0. The van der Waals surface area contributed by atoms with E-state index in [0.717, 1.165) is 16.1 Å². The lowest BCUT2D eigenvalue weighted by Gasteiger charge is -2.29. The average Bonchev–Trinajstić information content (AvgIpc) is 3.40. The van der Waals surface area contributed by atoms with Crippen LogP contribution in [0.1, 0.15) is 22.9 Å². The summed E-state index contributed by atoms with van der Waals surface area (Å²) in [5.41, 5.74) is 1.82. The highest BCUT2D eigenvalue weighted by Gasteiger charge is 2.35. The summed E-state index contributed by atoms with van der Waals surface area (Å²) in [6.07, 6.45) is 0.468. The van der Waals surface area contributed by atoms with Gasteiger partial charge in [0.1, 0.15) is 0 Å². The normalized spacial score (nSPS) is 18.7. The number of amides is 1. The van der Waals surface area contributed by atoms with Crippen LogP contribution in [0.3, 0.4) is 0 Å². The van der Waals surface area contributed by atoms with Gasteiger partial charge in [0.25, 0.3) is 0 Å². The summed E-state index contributed by atoms with van der Waals surface area (Å²) in [6.45, 7) is 0.114. The third kappa shape index (κ3) is 4.80. The number of nitrogens with zero attached hydrogens (tertiary/aromatic N) is 1. The van der Waals surface area contributed by atoms with Crippen molar-refractivity contribution in [3.63, 3.8) is 0 Å². The topological polar surface area (TPSA) is 66.5 Å². The van der Waals surface area contributed by atoms with Gasteiger partial charge in [-0.05, 0) is 35.6 Å². The highest BCUT2D eigenvalue weighted by Crippen LogP contribution is 2.27. The van der Waals surface area contributed by atoms with Crippen LogP contribution in [0.5, 0.6) is 0 Å². The fourth-order valence-corrected chi connectivity index (χ4v) is 6.41. The predicted octanol–water partition coefficient (Wildman–Crippen LogP) is 3.65. The minimum atomic E-state index is -3.10. The van der Waals surface area contributed by atoms with E-state index in [-0.39, 0.29) is 36.0 Å². The van der Waals surface area contributed by atoms with Crippen molar-refractivity contribution in [3.8, 4) is 0 Å². The molecule has 156 valence electrons. The maximum absolute atomic E-state index is 13.3. The number of rotatable bonds is 7. The van der Waals surface area contributed by atoms with Crippen molar-refractivity contribution >= 4 is 32.8 Å². The molecule has 3 aromatic rings. The highest BCUT2D eigenvalue weighted by molar-refractivity contribution is 7.91. The Balaban J connectivity index is 1.56. The molecule has 0 spiro atoms. The summed E-state index contributed by atoms with van der Waals surface area (Å²) in [5, 5.41) is 5.42. The van der Waals surface area contributed by atoms with E-state index in [9.17, 15) is 13.2 Å². The number of hydrogen-bond donors (Lipinski definition) is 1. The first-order valence-electron chi connectivity index (χ1n) is 9.93. The van der Waals surface area contributed by atoms with Crippen LogP contribution >= 0.6 is 11.3 Å². The Hall–Kier alpha value is -2.48. The number of anilines is 1. The van der Waals surface area contributed by atoms with Crippen molar-refractivity contribution in [2.24, 2.45) is 0 Å². The molecule has 1 amide bonds. The second-order valence-electron chi connectivity index (χ2n) is 7.40. The van der Waals surface area contributed by atoms with E-state index < -0.39 is 9.84 Å². The summed E-state index contributed by atoms with van der Waals surface area (Å²) in [7, 11) is -3.10. The number of nitrogens with one attached hydrogen (secondary N) is 1. The van der Waals surface area contributed by atoms with Crippen LogP contribution < -0.4 is 10.2 Å². The van der Waals surface area contributed by atoms with Crippen molar-refractivity contribution in [1.82, 2.24) is 5.32 Å². The van der Waals surface area contributed by atoms with Crippen LogP contribution in [0.25, 0.3) is 0 Å². The first-order valence-corrected chi connectivity index (χ1v) is 12.6. The molecule has 1 aliphatic heterocycles. The van der Waals surface area contributed by atoms with Crippen LogP contribution in [0.4, 0.5) is 5.69 Å². The highest BCUT2D eigenvalue weighted by atomic mass is 32.2. The molecule has 0 aliphatic carbocycles.